The molecule has 6 aromatic carbocycles. The Kier molecular flexibility index (Phi) is 8.48. The van der Waals surface area contributed by atoms with Crippen LogP contribution in [0, 0.1) is 13.8 Å². The number of hydrogen-bond donors (Lipinski definition) is 0. The lowest BCUT2D eigenvalue weighted by Gasteiger charge is -2.21. The van der Waals surface area contributed by atoms with Crippen molar-refractivity contribution >= 4 is 43.4 Å². The van der Waals surface area contributed by atoms with E-state index in [2.05, 4.69) is 133 Å². The van der Waals surface area contributed by atoms with Gasteiger partial charge >= 0.3 is 0 Å². The van der Waals surface area contributed by atoms with Crippen LogP contribution in [0.2, 0.25) is 0 Å². The number of benzene rings is 6. The maximum Gasteiger partial charge on any atom is 0.160 e. The molecule has 0 unspecified atom stereocenters. The predicted molar refractivity (Wildman–Crippen MR) is 245 cm³/mol. The third-order valence-electron chi connectivity index (χ3n) is 11.6. The van der Waals surface area contributed by atoms with E-state index in [-0.39, 0.29) is 0 Å². The summed E-state index contributed by atoms with van der Waals surface area (Å²) >= 11 is 0. The summed E-state index contributed by atoms with van der Waals surface area (Å²) in [5.74, 6) is 0.671. The Morgan fingerprint density at radius 3 is 1.43 bits per heavy atom. The summed E-state index contributed by atoms with van der Waals surface area (Å²) < 4.78 is 0. The molecule has 0 aliphatic rings. The second-order valence-electron chi connectivity index (χ2n) is 15.2. The van der Waals surface area contributed by atoms with Crippen LogP contribution >= 0.6 is 0 Å². The molecule has 282 valence electrons. The third kappa shape index (κ3) is 5.96. The Bertz CT molecular complexity index is 3370. The molecule has 0 fully saturated rings. The minimum absolute atomic E-state index is 0.671. The molecule has 6 nitrogen and oxygen atoms in total. The molecule has 6 heteroatoms. The number of pyridine rings is 4. The summed E-state index contributed by atoms with van der Waals surface area (Å²) in [5.41, 5.74) is 14.8. The van der Waals surface area contributed by atoms with Crippen LogP contribution in [0.3, 0.4) is 0 Å². The van der Waals surface area contributed by atoms with E-state index >= 15 is 0 Å². The van der Waals surface area contributed by atoms with Crippen molar-refractivity contribution in [1.82, 2.24) is 29.9 Å². The average molecular weight is 769 g/mol. The van der Waals surface area contributed by atoms with Crippen molar-refractivity contribution in [2.24, 2.45) is 0 Å². The summed E-state index contributed by atoms with van der Waals surface area (Å²) in [6.07, 6.45) is 7.45. The Balaban J connectivity index is 1.14. The van der Waals surface area contributed by atoms with Gasteiger partial charge in [-0.05, 0) is 95.4 Å². The summed E-state index contributed by atoms with van der Waals surface area (Å²) in [6.45, 7) is 4.46. The van der Waals surface area contributed by atoms with Crippen LogP contribution in [0.1, 0.15) is 11.1 Å². The van der Waals surface area contributed by atoms with Gasteiger partial charge in [0.25, 0.3) is 0 Å². The quantitative estimate of drug-likeness (QED) is 0.124. The van der Waals surface area contributed by atoms with E-state index in [1.54, 1.807) is 0 Å². The lowest BCUT2D eigenvalue weighted by Crippen LogP contribution is -2.00. The van der Waals surface area contributed by atoms with Gasteiger partial charge in [0.05, 0.1) is 33.8 Å². The lowest BCUT2D eigenvalue weighted by molar-refractivity contribution is 1.18. The van der Waals surface area contributed by atoms with E-state index in [0.717, 1.165) is 111 Å². The number of nitrogens with zero attached hydrogens (tertiary/aromatic N) is 6. The molecule has 0 aliphatic carbocycles. The minimum atomic E-state index is 0.671. The average Bonchev–Trinajstić information content (AvgIpc) is 3.33. The number of aromatic nitrogens is 6. The van der Waals surface area contributed by atoms with Gasteiger partial charge in [0, 0.05) is 74.1 Å². The third-order valence-corrected chi connectivity index (χ3v) is 11.6. The molecule has 0 radical (unpaired) electrons. The first kappa shape index (κ1) is 35.2. The van der Waals surface area contributed by atoms with E-state index < -0.39 is 0 Å². The zero-order chi connectivity index (χ0) is 40.2. The number of para-hydroxylation sites is 1. The Labute approximate surface area is 347 Å². The Morgan fingerprint density at radius 1 is 0.333 bits per heavy atom. The maximum absolute atomic E-state index is 5.51. The van der Waals surface area contributed by atoms with Crippen LogP contribution in [0.25, 0.3) is 111 Å². The standard InChI is InChI=1S/C54H36N6/c1-33-48-42-22-9-10-23-44(42)57-52(40-20-12-26-55-31-40)50(48)34(2)49-43-25-24-38(29-47(43)58-53(51(33)49)41-21-13-27-56-32-41)37-18-11-19-39(28-37)54-59-45(35-14-5-3-6-15-35)30-46(60-54)36-16-7-4-8-17-36/h3-32H,1-2H3. The van der Waals surface area contributed by atoms with Crippen LogP contribution in [0.4, 0.5) is 0 Å². The van der Waals surface area contributed by atoms with Crippen molar-refractivity contribution in [3.63, 3.8) is 0 Å². The van der Waals surface area contributed by atoms with Crippen molar-refractivity contribution in [2.45, 2.75) is 13.8 Å². The summed E-state index contributed by atoms with van der Waals surface area (Å²) in [7, 11) is 0. The van der Waals surface area contributed by atoms with Gasteiger partial charge in [-0.1, -0.05) is 109 Å². The molecular formula is C54H36N6. The van der Waals surface area contributed by atoms with Gasteiger partial charge < -0.3 is 0 Å². The summed E-state index contributed by atoms with van der Waals surface area (Å²) in [4.78, 5) is 30.1. The zero-order valence-corrected chi connectivity index (χ0v) is 33.0. The number of hydrogen-bond acceptors (Lipinski definition) is 6. The van der Waals surface area contributed by atoms with E-state index in [9.17, 15) is 0 Å². The van der Waals surface area contributed by atoms with Crippen LogP contribution in [-0.2, 0) is 0 Å². The smallest absolute Gasteiger partial charge is 0.160 e. The number of fused-ring (bicyclic) bond motifs is 6. The zero-order valence-electron chi connectivity index (χ0n) is 33.0. The fourth-order valence-electron chi connectivity index (χ4n) is 8.77. The van der Waals surface area contributed by atoms with E-state index in [1.165, 1.54) is 5.39 Å². The topological polar surface area (TPSA) is 77.3 Å². The number of aryl methyl sites for hydroxylation is 2. The molecule has 11 rings (SSSR count). The van der Waals surface area contributed by atoms with Crippen LogP contribution in [0.5, 0.6) is 0 Å². The van der Waals surface area contributed by atoms with Crippen molar-refractivity contribution in [1.29, 1.82) is 0 Å². The van der Waals surface area contributed by atoms with E-state index in [1.807, 2.05) is 73.3 Å². The lowest BCUT2D eigenvalue weighted by atomic mass is 9.86. The molecular weight excluding hydrogens is 733 g/mol. The van der Waals surface area contributed by atoms with Gasteiger partial charge in [0.1, 0.15) is 0 Å². The fraction of sp³-hybridized carbons (Fsp3) is 0.0370. The SMILES string of the molecule is Cc1c2c(-c3cccnc3)nc3cc(-c4cccc(-c5nc(-c6ccccc6)cc(-c6ccccc6)n5)c4)ccc3c2c(C)c2c(-c3cccnc3)nc3ccccc3c12. The Morgan fingerprint density at radius 2 is 0.833 bits per heavy atom. The molecule has 5 heterocycles. The monoisotopic (exact) mass is 768 g/mol. The van der Waals surface area contributed by atoms with Crippen molar-refractivity contribution < 1.29 is 0 Å². The second-order valence-corrected chi connectivity index (χ2v) is 15.2. The molecule has 0 spiro atoms. The van der Waals surface area contributed by atoms with Gasteiger partial charge in [-0.3, -0.25) is 9.97 Å². The molecule has 5 aromatic heterocycles. The normalized spacial score (nSPS) is 11.5. The van der Waals surface area contributed by atoms with Gasteiger partial charge in [-0.25, -0.2) is 19.9 Å². The molecule has 0 saturated carbocycles. The second kappa shape index (κ2) is 14.5. The molecule has 0 N–H and O–H groups in total. The summed E-state index contributed by atoms with van der Waals surface area (Å²) in [5, 5.41) is 6.78. The Hall–Kier alpha value is -7.96. The van der Waals surface area contributed by atoms with Crippen LogP contribution in [-0.4, -0.2) is 29.9 Å². The highest BCUT2D eigenvalue weighted by molar-refractivity contribution is 6.25. The van der Waals surface area contributed by atoms with E-state index in [4.69, 9.17) is 19.9 Å². The largest absolute Gasteiger partial charge is 0.264 e. The first-order chi connectivity index (χ1) is 29.6. The highest BCUT2D eigenvalue weighted by Gasteiger charge is 2.23. The molecule has 0 saturated heterocycles. The first-order valence-electron chi connectivity index (χ1n) is 20.1. The highest BCUT2D eigenvalue weighted by Crippen LogP contribution is 2.45. The van der Waals surface area contributed by atoms with Gasteiger partial charge in [0.2, 0.25) is 0 Å². The highest BCUT2D eigenvalue weighted by atomic mass is 14.9. The van der Waals surface area contributed by atoms with Crippen molar-refractivity contribution in [3.8, 4) is 67.5 Å². The number of rotatable bonds is 6. The van der Waals surface area contributed by atoms with Crippen LogP contribution in [0.15, 0.2) is 183 Å². The van der Waals surface area contributed by atoms with Crippen molar-refractivity contribution in [3.05, 3.63) is 194 Å². The maximum atomic E-state index is 5.51. The van der Waals surface area contributed by atoms with Crippen LogP contribution < -0.4 is 0 Å². The molecule has 0 aliphatic heterocycles. The fourth-order valence-corrected chi connectivity index (χ4v) is 8.77. The minimum Gasteiger partial charge on any atom is -0.264 e. The first-order valence-corrected chi connectivity index (χ1v) is 20.1. The molecule has 0 amide bonds. The molecule has 60 heavy (non-hydrogen) atoms. The van der Waals surface area contributed by atoms with E-state index in [0.29, 0.717) is 5.82 Å². The molecule has 0 atom stereocenters. The van der Waals surface area contributed by atoms with Gasteiger partial charge in [-0.15, -0.1) is 0 Å². The van der Waals surface area contributed by atoms with Gasteiger partial charge in [-0.2, -0.15) is 0 Å². The molecule has 11 aromatic rings. The molecule has 0 bridgehead atoms. The van der Waals surface area contributed by atoms with Crippen molar-refractivity contribution in [2.75, 3.05) is 0 Å². The summed E-state index contributed by atoms with van der Waals surface area (Å²) in [6, 6.07) is 54.4. The van der Waals surface area contributed by atoms with Gasteiger partial charge in [0.15, 0.2) is 5.82 Å². The predicted octanol–water partition coefficient (Wildman–Crippen LogP) is 13.3.